The molecule has 158 valence electrons. The first-order valence-corrected chi connectivity index (χ1v) is 11.5. The van der Waals surface area contributed by atoms with Gasteiger partial charge in [-0.15, -0.1) is 11.3 Å². The second kappa shape index (κ2) is 9.09. The van der Waals surface area contributed by atoms with Gasteiger partial charge in [-0.25, -0.2) is 9.97 Å². The molecule has 1 saturated heterocycles. The number of pyridine rings is 1. The minimum absolute atomic E-state index is 0.323. The predicted molar refractivity (Wildman–Crippen MR) is 127 cm³/mol. The van der Waals surface area contributed by atoms with Crippen molar-refractivity contribution in [1.82, 2.24) is 24.8 Å². The van der Waals surface area contributed by atoms with Gasteiger partial charge in [0, 0.05) is 60.9 Å². The number of piperazine rings is 1. The summed E-state index contributed by atoms with van der Waals surface area (Å²) in [7, 11) is 2.20. The molecule has 3 aromatic heterocycles. The fourth-order valence-electron chi connectivity index (χ4n) is 4.05. The predicted octanol–water partition coefficient (Wildman–Crippen LogP) is 4.15. The number of rotatable bonds is 6. The Morgan fingerprint density at radius 1 is 1.00 bits per heavy atom. The zero-order chi connectivity index (χ0) is 21.0. The number of hydrogen-bond acceptors (Lipinski definition) is 7. The molecule has 1 unspecified atom stereocenters. The molecule has 1 atom stereocenters. The van der Waals surface area contributed by atoms with Crippen LogP contribution >= 0.6 is 11.3 Å². The van der Waals surface area contributed by atoms with Gasteiger partial charge in [0.25, 0.3) is 0 Å². The van der Waals surface area contributed by atoms with E-state index < -0.39 is 0 Å². The highest BCUT2D eigenvalue weighted by Gasteiger charge is 2.25. The van der Waals surface area contributed by atoms with Gasteiger partial charge >= 0.3 is 0 Å². The lowest BCUT2D eigenvalue weighted by atomic mass is 10.1. The van der Waals surface area contributed by atoms with Crippen LogP contribution in [0.25, 0.3) is 22.3 Å². The summed E-state index contributed by atoms with van der Waals surface area (Å²) in [5.74, 6) is 1.57. The molecule has 1 N–H and O–H groups in total. The van der Waals surface area contributed by atoms with Crippen LogP contribution in [0.5, 0.6) is 0 Å². The third kappa shape index (κ3) is 4.44. The Kier molecular flexibility index (Phi) is 5.88. The van der Waals surface area contributed by atoms with Crippen LogP contribution in [-0.2, 0) is 0 Å². The van der Waals surface area contributed by atoms with Crippen LogP contribution in [-0.4, -0.2) is 64.5 Å². The van der Waals surface area contributed by atoms with Crippen LogP contribution in [0.4, 0.5) is 5.82 Å². The van der Waals surface area contributed by atoms with E-state index in [1.54, 1.807) is 6.20 Å². The van der Waals surface area contributed by atoms with Crippen molar-refractivity contribution in [3.8, 4) is 11.4 Å². The maximum absolute atomic E-state index is 4.90. The first-order valence-electron chi connectivity index (χ1n) is 10.6. The first kappa shape index (κ1) is 20.1. The minimum Gasteiger partial charge on any atom is -0.367 e. The fourth-order valence-corrected chi connectivity index (χ4v) is 4.91. The zero-order valence-electron chi connectivity index (χ0n) is 17.6. The molecule has 4 heterocycles. The van der Waals surface area contributed by atoms with Gasteiger partial charge in [0.1, 0.15) is 5.82 Å². The summed E-state index contributed by atoms with van der Waals surface area (Å²) in [6.07, 6.45) is 3.58. The second-order valence-corrected chi connectivity index (χ2v) is 8.89. The molecule has 6 nitrogen and oxygen atoms in total. The van der Waals surface area contributed by atoms with Crippen LogP contribution < -0.4 is 5.32 Å². The molecule has 0 spiro atoms. The smallest absolute Gasteiger partial charge is 0.163 e. The van der Waals surface area contributed by atoms with Crippen molar-refractivity contribution in [3.63, 3.8) is 0 Å². The molecule has 1 aliphatic rings. The van der Waals surface area contributed by atoms with E-state index in [2.05, 4.69) is 50.7 Å². The van der Waals surface area contributed by atoms with Gasteiger partial charge in [0.15, 0.2) is 5.82 Å². The summed E-state index contributed by atoms with van der Waals surface area (Å²) in [6.45, 7) is 5.16. The molecule has 0 saturated carbocycles. The second-order valence-electron chi connectivity index (χ2n) is 7.91. The summed E-state index contributed by atoms with van der Waals surface area (Å²) in [4.78, 5) is 20.3. The molecule has 7 heteroatoms. The summed E-state index contributed by atoms with van der Waals surface area (Å²) >= 11 is 1.83. The summed E-state index contributed by atoms with van der Waals surface area (Å²) in [5, 5.41) is 6.88. The van der Waals surface area contributed by atoms with Crippen LogP contribution in [0, 0.1) is 0 Å². The van der Waals surface area contributed by atoms with Crippen molar-refractivity contribution in [3.05, 3.63) is 71.2 Å². The number of benzene rings is 1. The molecule has 0 bridgehead atoms. The molecular formula is C24H26N6S. The Morgan fingerprint density at radius 3 is 2.65 bits per heavy atom. The van der Waals surface area contributed by atoms with Crippen molar-refractivity contribution in [2.75, 3.05) is 45.1 Å². The number of likely N-dealkylation sites (N-methyl/N-ethyl adjacent to an activating group) is 1. The van der Waals surface area contributed by atoms with Crippen LogP contribution in [0.3, 0.4) is 0 Å². The molecule has 4 aromatic rings. The summed E-state index contributed by atoms with van der Waals surface area (Å²) in [5.41, 5.74) is 1.86. The van der Waals surface area contributed by atoms with Crippen molar-refractivity contribution >= 4 is 28.1 Å². The van der Waals surface area contributed by atoms with Crippen LogP contribution in [0.15, 0.2) is 66.3 Å². The third-order valence-corrected chi connectivity index (χ3v) is 6.81. The first-order chi connectivity index (χ1) is 15.3. The van der Waals surface area contributed by atoms with E-state index >= 15 is 0 Å². The highest BCUT2D eigenvalue weighted by atomic mass is 32.1. The van der Waals surface area contributed by atoms with E-state index in [-0.39, 0.29) is 0 Å². The highest BCUT2D eigenvalue weighted by Crippen LogP contribution is 2.29. The van der Waals surface area contributed by atoms with Gasteiger partial charge in [-0.3, -0.25) is 9.88 Å². The monoisotopic (exact) mass is 430 g/mol. The number of nitrogens with one attached hydrogen (secondary N) is 1. The molecular weight excluding hydrogens is 404 g/mol. The molecule has 1 aromatic carbocycles. The SMILES string of the molecule is CN1CCN(C(CNc2nc(-c3cccnc3)nc3ccccc23)c2cccs2)CC1. The van der Waals surface area contributed by atoms with Crippen LogP contribution in [0.1, 0.15) is 10.9 Å². The zero-order valence-corrected chi connectivity index (χ0v) is 18.4. The number of hydrogen-bond donors (Lipinski definition) is 1. The Morgan fingerprint density at radius 2 is 1.87 bits per heavy atom. The Balaban J connectivity index is 1.46. The number of para-hydroxylation sites is 1. The van der Waals surface area contributed by atoms with Gasteiger partial charge < -0.3 is 10.2 Å². The summed E-state index contributed by atoms with van der Waals surface area (Å²) in [6, 6.07) is 16.8. The number of thiophene rings is 1. The van der Waals surface area contributed by atoms with Crippen LogP contribution in [0.2, 0.25) is 0 Å². The largest absolute Gasteiger partial charge is 0.367 e. The number of anilines is 1. The average molecular weight is 431 g/mol. The lowest BCUT2D eigenvalue weighted by molar-refractivity contribution is 0.118. The third-order valence-electron chi connectivity index (χ3n) is 5.84. The maximum Gasteiger partial charge on any atom is 0.163 e. The van der Waals surface area contributed by atoms with Gasteiger partial charge in [0.2, 0.25) is 0 Å². The number of nitrogens with zero attached hydrogens (tertiary/aromatic N) is 5. The van der Waals surface area contributed by atoms with Gasteiger partial charge in [-0.05, 0) is 42.8 Å². The molecule has 1 aliphatic heterocycles. The van der Waals surface area contributed by atoms with E-state index in [4.69, 9.17) is 9.97 Å². The topological polar surface area (TPSA) is 57.2 Å². The van der Waals surface area contributed by atoms with E-state index in [1.807, 2.05) is 47.9 Å². The lowest BCUT2D eigenvalue weighted by Crippen LogP contribution is -2.47. The molecule has 0 aliphatic carbocycles. The van der Waals surface area contributed by atoms with Crippen molar-refractivity contribution in [2.24, 2.45) is 0 Å². The van der Waals surface area contributed by atoms with Gasteiger partial charge in [-0.2, -0.15) is 0 Å². The minimum atomic E-state index is 0.323. The standard InChI is InChI=1S/C24H26N6S/c1-29-11-13-30(14-12-29)21(22-9-5-15-31-22)17-26-24-19-7-2-3-8-20(19)27-23(28-24)18-6-4-10-25-16-18/h2-10,15-16,21H,11-14,17H2,1H3,(H,26,27,28). The van der Waals surface area contributed by atoms with E-state index in [0.29, 0.717) is 11.9 Å². The Labute approximate surface area is 186 Å². The van der Waals surface area contributed by atoms with E-state index in [1.165, 1.54) is 4.88 Å². The maximum atomic E-state index is 4.90. The Bertz CT molecular complexity index is 1120. The molecule has 5 rings (SSSR count). The average Bonchev–Trinajstić information content (AvgIpc) is 3.35. The van der Waals surface area contributed by atoms with E-state index in [0.717, 1.165) is 55.0 Å². The number of aromatic nitrogens is 3. The molecule has 1 fully saturated rings. The summed E-state index contributed by atoms with van der Waals surface area (Å²) < 4.78 is 0. The van der Waals surface area contributed by atoms with Crippen molar-refractivity contribution in [1.29, 1.82) is 0 Å². The Hall–Kier alpha value is -2.87. The van der Waals surface area contributed by atoms with Crippen molar-refractivity contribution < 1.29 is 0 Å². The quantitative estimate of drug-likeness (QED) is 0.496. The van der Waals surface area contributed by atoms with Gasteiger partial charge in [-0.1, -0.05) is 18.2 Å². The fraction of sp³-hybridized carbons (Fsp3) is 0.292. The van der Waals surface area contributed by atoms with Gasteiger partial charge in [0.05, 0.1) is 11.6 Å². The molecule has 31 heavy (non-hydrogen) atoms. The normalized spacial score (nSPS) is 16.4. The molecule has 0 radical (unpaired) electrons. The number of fused-ring (bicyclic) bond motifs is 1. The highest BCUT2D eigenvalue weighted by molar-refractivity contribution is 7.10. The lowest BCUT2D eigenvalue weighted by Gasteiger charge is -2.37. The molecule has 0 amide bonds. The van der Waals surface area contributed by atoms with Crippen molar-refractivity contribution in [2.45, 2.75) is 6.04 Å². The van der Waals surface area contributed by atoms with E-state index in [9.17, 15) is 0 Å².